The van der Waals surface area contributed by atoms with E-state index in [2.05, 4.69) is 0 Å². The lowest BCUT2D eigenvalue weighted by molar-refractivity contribution is -0.404. The van der Waals surface area contributed by atoms with Gasteiger partial charge in [-0.2, -0.15) is 0 Å². The van der Waals surface area contributed by atoms with Crippen LogP contribution in [0.3, 0.4) is 0 Å². The van der Waals surface area contributed by atoms with Crippen LogP contribution in [0.2, 0.25) is 0 Å². The summed E-state index contributed by atoms with van der Waals surface area (Å²) in [4.78, 5) is 0. The fraction of sp³-hybridized carbons (Fsp3) is 1.00. The van der Waals surface area contributed by atoms with Gasteiger partial charge in [0.2, 0.25) is 5.79 Å². The van der Waals surface area contributed by atoms with E-state index < -0.39 is 80.0 Å². The van der Waals surface area contributed by atoms with Crippen LogP contribution in [0.4, 0.5) is 0 Å². The molecule has 0 aromatic heterocycles. The lowest BCUT2D eigenvalue weighted by Gasteiger charge is -2.46. The predicted octanol–water partition coefficient (Wildman–Crippen LogP) is -4.80. The molecule has 11 nitrogen and oxygen atoms in total. The third-order valence-electron chi connectivity index (χ3n) is 5.39. The van der Waals surface area contributed by atoms with E-state index in [4.69, 9.17) is 19.3 Å². The lowest BCUT2D eigenvalue weighted by Crippen LogP contribution is -2.64. The van der Waals surface area contributed by atoms with Gasteiger partial charge in [-0.1, -0.05) is 0 Å². The molecule has 3 rings (SSSR count). The maximum atomic E-state index is 10.4. The van der Waals surface area contributed by atoms with E-state index in [9.17, 15) is 35.7 Å². The molecule has 0 radical (unpaired) electrons. The molecule has 1 saturated carbocycles. The second-order valence-electron chi connectivity index (χ2n) is 6.92. The van der Waals surface area contributed by atoms with Gasteiger partial charge in [0.1, 0.15) is 24.4 Å². The maximum absolute atomic E-state index is 10.4. The van der Waals surface area contributed by atoms with Crippen molar-refractivity contribution in [2.45, 2.75) is 48.2 Å². The van der Waals surface area contributed by atoms with E-state index in [1.54, 1.807) is 0 Å². The van der Waals surface area contributed by atoms with Crippen LogP contribution in [-0.2, 0) is 14.2 Å². The SMILES string of the molecule is OCC1CC(O)(CO)C(O)[C@@H](O[C@]2(CO)OC3(O)C(C2O)[C@H]3CO)O1. The molecule has 2 heterocycles. The summed E-state index contributed by atoms with van der Waals surface area (Å²) >= 11 is 0. The summed E-state index contributed by atoms with van der Waals surface area (Å²) in [6.45, 7) is -2.75. The van der Waals surface area contributed by atoms with E-state index in [1.807, 2.05) is 0 Å². The zero-order chi connectivity index (χ0) is 18.6. The Balaban J connectivity index is 1.80. The monoisotopic (exact) mass is 368 g/mol. The number of hydrogen-bond acceptors (Lipinski definition) is 11. The summed E-state index contributed by atoms with van der Waals surface area (Å²) < 4.78 is 15.9. The Hall–Kier alpha value is -0.440. The quantitative estimate of drug-likeness (QED) is 0.224. The Bertz CT molecular complexity index is 505. The summed E-state index contributed by atoms with van der Waals surface area (Å²) in [5.41, 5.74) is -2.04. The van der Waals surface area contributed by atoms with Gasteiger partial charge in [0.25, 0.3) is 0 Å². The van der Waals surface area contributed by atoms with Crippen LogP contribution < -0.4 is 0 Å². The molecule has 146 valence electrons. The van der Waals surface area contributed by atoms with Crippen molar-refractivity contribution >= 4 is 0 Å². The summed E-state index contributed by atoms with van der Waals surface area (Å²) in [7, 11) is 0. The first-order valence-electron chi connectivity index (χ1n) is 7.99. The molecular formula is C14H24O11. The molecule has 0 amide bonds. The van der Waals surface area contributed by atoms with E-state index in [-0.39, 0.29) is 6.42 Å². The summed E-state index contributed by atoms with van der Waals surface area (Å²) in [6.07, 6.45) is -6.25. The molecule has 1 aliphatic carbocycles. The Morgan fingerprint density at radius 1 is 0.960 bits per heavy atom. The van der Waals surface area contributed by atoms with Crippen molar-refractivity contribution in [3.05, 3.63) is 0 Å². The van der Waals surface area contributed by atoms with Crippen LogP contribution in [0, 0.1) is 11.8 Å². The molecule has 2 aliphatic heterocycles. The van der Waals surface area contributed by atoms with Crippen LogP contribution >= 0.6 is 0 Å². The molecule has 11 heteroatoms. The molecule has 9 atom stereocenters. The smallest absolute Gasteiger partial charge is 0.224 e. The van der Waals surface area contributed by atoms with Gasteiger partial charge >= 0.3 is 0 Å². The molecule has 25 heavy (non-hydrogen) atoms. The van der Waals surface area contributed by atoms with Crippen LogP contribution in [0.1, 0.15) is 6.42 Å². The van der Waals surface area contributed by atoms with Gasteiger partial charge in [0.05, 0.1) is 31.8 Å². The molecule has 2 saturated heterocycles. The first-order valence-corrected chi connectivity index (χ1v) is 7.99. The molecule has 3 fully saturated rings. The Morgan fingerprint density at radius 3 is 2.08 bits per heavy atom. The second-order valence-corrected chi connectivity index (χ2v) is 6.92. The minimum Gasteiger partial charge on any atom is -0.396 e. The molecule has 8 N–H and O–H groups in total. The van der Waals surface area contributed by atoms with Crippen molar-refractivity contribution in [3.63, 3.8) is 0 Å². The van der Waals surface area contributed by atoms with Crippen LogP contribution in [-0.4, -0.2) is 109 Å². The number of hydrogen-bond donors (Lipinski definition) is 8. The normalized spacial score (nSPS) is 55.2. The number of aliphatic hydroxyl groups is 8. The molecule has 0 bridgehead atoms. The van der Waals surface area contributed by atoms with E-state index in [1.165, 1.54) is 0 Å². The maximum Gasteiger partial charge on any atom is 0.224 e. The van der Waals surface area contributed by atoms with Crippen molar-refractivity contribution in [2.75, 3.05) is 26.4 Å². The third-order valence-corrected chi connectivity index (χ3v) is 5.39. The third kappa shape index (κ3) is 2.71. The molecule has 3 aliphatic rings. The molecular weight excluding hydrogens is 344 g/mol. The number of fused-ring (bicyclic) bond motifs is 1. The van der Waals surface area contributed by atoms with Crippen molar-refractivity contribution < 1.29 is 55.1 Å². The Kier molecular flexibility index (Phi) is 4.88. The summed E-state index contributed by atoms with van der Waals surface area (Å²) in [5.74, 6) is -5.71. The van der Waals surface area contributed by atoms with Gasteiger partial charge in [-0.3, -0.25) is 0 Å². The number of ether oxygens (including phenoxy) is 3. The van der Waals surface area contributed by atoms with Crippen LogP contribution in [0.15, 0.2) is 0 Å². The molecule has 6 unspecified atom stereocenters. The first-order chi connectivity index (χ1) is 11.7. The van der Waals surface area contributed by atoms with Crippen molar-refractivity contribution in [2.24, 2.45) is 11.8 Å². The zero-order valence-electron chi connectivity index (χ0n) is 13.3. The van der Waals surface area contributed by atoms with E-state index in [0.717, 1.165) is 0 Å². The minimum absolute atomic E-state index is 0.268. The Morgan fingerprint density at radius 2 is 1.64 bits per heavy atom. The van der Waals surface area contributed by atoms with Crippen molar-refractivity contribution in [3.8, 4) is 0 Å². The Labute approximate surface area is 142 Å². The minimum atomic E-state index is -2.16. The highest BCUT2D eigenvalue weighted by Gasteiger charge is 2.80. The van der Waals surface area contributed by atoms with E-state index >= 15 is 0 Å². The average molecular weight is 368 g/mol. The zero-order valence-corrected chi connectivity index (χ0v) is 13.3. The molecule has 0 aromatic carbocycles. The van der Waals surface area contributed by atoms with Gasteiger partial charge < -0.3 is 55.1 Å². The van der Waals surface area contributed by atoms with Gasteiger partial charge in [-0.05, 0) is 0 Å². The van der Waals surface area contributed by atoms with E-state index in [0.29, 0.717) is 0 Å². The van der Waals surface area contributed by atoms with Crippen LogP contribution in [0.25, 0.3) is 0 Å². The van der Waals surface area contributed by atoms with Crippen molar-refractivity contribution in [1.82, 2.24) is 0 Å². The highest BCUT2D eigenvalue weighted by atomic mass is 16.8. The highest BCUT2D eigenvalue weighted by Crippen LogP contribution is 2.63. The fourth-order valence-corrected chi connectivity index (χ4v) is 3.78. The van der Waals surface area contributed by atoms with Gasteiger partial charge in [-0.25, -0.2) is 0 Å². The molecule has 0 spiro atoms. The largest absolute Gasteiger partial charge is 0.396 e. The number of rotatable bonds is 6. The second kappa shape index (κ2) is 6.32. The van der Waals surface area contributed by atoms with Gasteiger partial charge in [-0.15, -0.1) is 0 Å². The van der Waals surface area contributed by atoms with Crippen molar-refractivity contribution in [1.29, 1.82) is 0 Å². The standard InChI is InChI=1S/C14H24O11/c15-2-6-1-12(21,4-17)10(20)11(23-6)24-13(5-18)9(19)8-7(3-16)14(8,22)25-13/h6-11,15-22H,1-5H2/t6?,7-,8?,9?,10?,11-,12?,13-,14?/m1/s1. The highest BCUT2D eigenvalue weighted by molar-refractivity contribution is 5.18. The summed E-state index contributed by atoms with van der Waals surface area (Å²) in [6, 6.07) is 0. The average Bonchev–Trinajstić information content (AvgIpc) is 3.12. The van der Waals surface area contributed by atoms with Gasteiger partial charge in [0.15, 0.2) is 12.1 Å². The first kappa shape index (κ1) is 19.3. The van der Waals surface area contributed by atoms with Gasteiger partial charge in [0, 0.05) is 12.3 Å². The predicted molar refractivity (Wildman–Crippen MR) is 75.4 cm³/mol. The van der Waals surface area contributed by atoms with Crippen LogP contribution in [0.5, 0.6) is 0 Å². The fourth-order valence-electron chi connectivity index (χ4n) is 3.78. The molecule has 0 aromatic rings. The lowest BCUT2D eigenvalue weighted by atomic mass is 9.87. The topological polar surface area (TPSA) is 190 Å². The summed E-state index contributed by atoms with van der Waals surface area (Å²) in [5, 5.41) is 78.5. The number of aliphatic hydroxyl groups excluding tert-OH is 6.